The Balaban J connectivity index is 2.03. The van der Waals surface area contributed by atoms with Gasteiger partial charge in [0.05, 0.1) is 5.56 Å². The minimum atomic E-state index is -4.36. The third-order valence-electron chi connectivity index (χ3n) is 4.80. The fourth-order valence-corrected chi connectivity index (χ4v) is 3.80. The van der Waals surface area contributed by atoms with E-state index in [9.17, 15) is 13.2 Å². The number of nitrogens with zero attached hydrogens (tertiary/aromatic N) is 1. The molecule has 22 heavy (non-hydrogen) atoms. The quantitative estimate of drug-likeness (QED) is 0.896. The van der Waals surface area contributed by atoms with Crippen LogP contribution in [0, 0.1) is 5.92 Å². The number of halogens is 4. The van der Waals surface area contributed by atoms with Gasteiger partial charge in [-0.15, -0.1) is 0 Å². The first-order valence-electron chi connectivity index (χ1n) is 7.79. The van der Waals surface area contributed by atoms with Gasteiger partial charge in [-0.1, -0.05) is 24.1 Å². The molecule has 0 unspecified atom stereocenters. The molecule has 1 aromatic carbocycles. The van der Waals surface area contributed by atoms with E-state index in [0.717, 1.165) is 51.5 Å². The van der Waals surface area contributed by atoms with Crippen LogP contribution in [0.2, 0.25) is 5.02 Å². The average Bonchev–Trinajstić information content (AvgIpc) is 2.43. The van der Waals surface area contributed by atoms with Gasteiger partial charge in [0.2, 0.25) is 0 Å². The van der Waals surface area contributed by atoms with Gasteiger partial charge in [0, 0.05) is 42.8 Å². The second kappa shape index (κ2) is 6.38. The minimum Gasteiger partial charge on any atom is -0.314 e. The Bertz CT molecular complexity index is 523. The molecule has 2 aliphatic rings. The van der Waals surface area contributed by atoms with E-state index in [0.29, 0.717) is 0 Å². The van der Waals surface area contributed by atoms with E-state index in [1.165, 1.54) is 6.07 Å². The predicted octanol–water partition coefficient (Wildman–Crippen LogP) is 4.11. The molecule has 1 aliphatic heterocycles. The van der Waals surface area contributed by atoms with Crippen LogP contribution >= 0.6 is 11.6 Å². The van der Waals surface area contributed by atoms with Crippen LogP contribution in [0.4, 0.5) is 13.2 Å². The highest BCUT2D eigenvalue weighted by Crippen LogP contribution is 2.47. The SMILES string of the molecule is FC(F)(F)c1cccc(Cl)c1[C@H](C1CCC1)N1CCNCC1. The lowest BCUT2D eigenvalue weighted by molar-refractivity contribution is -0.139. The Kier molecular flexibility index (Phi) is 4.67. The van der Waals surface area contributed by atoms with E-state index in [2.05, 4.69) is 10.2 Å². The van der Waals surface area contributed by atoms with Gasteiger partial charge in [0.15, 0.2) is 0 Å². The third-order valence-corrected chi connectivity index (χ3v) is 5.13. The summed E-state index contributed by atoms with van der Waals surface area (Å²) in [6.45, 7) is 3.16. The summed E-state index contributed by atoms with van der Waals surface area (Å²) in [5, 5.41) is 3.50. The molecule has 122 valence electrons. The molecule has 1 atom stereocenters. The predicted molar refractivity (Wildman–Crippen MR) is 81.0 cm³/mol. The zero-order chi connectivity index (χ0) is 15.7. The summed E-state index contributed by atoms with van der Waals surface area (Å²) in [5.41, 5.74) is -0.293. The average molecular weight is 333 g/mol. The molecule has 0 radical (unpaired) electrons. The maximum absolute atomic E-state index is 13.5. The fraction of sp³-hybridized carbons (Fsp3) is 0.625. The molecule has 1 saturated heterocycles. The van der Waals surface area contributed by atoms with Gasteiger partial charge in [-0.3, -0.25) is 4.90 Å². The van der Waals surface area contributed by atoms with E-state index < -0.39 is 11.7 Å². The lowest BCUT2D eigenvalue weighted by Crippen LogP contribution is -2.48. The maximum atomic E-state index is 13.5. The van der Waals surface area contributed by atoms with Crippen molar-refractivity contribution in [2.24, 2.45) is 5.92 Å². The zero-order valence-corrected chi connectivity index (χ0v) is 13.1. The van der Waals surface area contributed by atoms with Gasteiger partial charge in [-0.05, 0) is 30.9 Å². The van der Waals surface area contributed by atoms with Gasteiger partial charge in [-0.2, -0.15) is 13.2 Å². The van der Waals surface area contributed by atoms with Gasteiger partial charge in [-0.25, -0.2) is 0 Å². The molecule has 2 nitrogen and oxygen atoms in total. The topological polar surface area (TPSA) is 15.3 Å². The smallest absolute Gasteiger partial charge is 0.314 e. The number of benzene rings is 1. The highest BCUT2D eigenvalue weighted by atomic mass is 35.5. The van der Waals surface area contributed by atoms with Crippen LogP contribution in [0.1, 0.15) is 36.4 Å². The van der Waals surface area contributed by atoms with Crippen LogP contribution in [0.15, 0.2) is 18.2 Å². The summed E-state index contributed by atoms with van der Waals surface area (Å²) >= 11 is 6.23. The van der Waals surface area contributed by atoms with Gasteiger partial charge in [0.25, 0.3) is 0 Å². The summed E-state index contributed by atoms with van der Waals surface area (Å²) in [4.78, 5) is 2.18. The van der Waals surface area contributed by atoms with Crippen molar-refractivity contribution in [3.8, 4) is 0 Å². The monoisotopic (exact) mass is 332 g/mol. The Morgan fingerprint density at radius 2 is 1.86 bits per heavy atom. The molecule has 2 fully saturated rings. The highest BCUT2D eigenvalue weighted by molar-refractivity contribution is 6.31. The summed E-state index contributed by atoms with van der Waals surface area (Å²) in [6.07, 6.45) is -1.30. The van der Waals surface area contributed by atoms with E-state index in [1.54, 1.807) is 6.07 Å². The van der Waals surface area contributed by atoms with Gasteiger partial charge < -0.3 is 5.32 Å². The molecule has 1 saturated carbocycles. The van der Waals surface area contributed by atoms with Crippen LogP contribution in [0.25, 0.3) is 0 Å². The molecule has 1 N–H and O–H groups in total. The van der Waals surface area contributed by atoms with Crippen molar-refractivity contribution in [2.75, 3.05) is 26.2 Å². The molecule has 0 aromatic heterocycles. The molecule has 6 heteroatoms. The molecular weight excluding hydrogens is 313 g/mol. The molecule has 3 rings (SSSR count). The van der Waals surface area contributed by atoms with Crippen molar-refractivity contribution in [1.82, 2.24) is 10.2 Å². The lowest BCUT2D eigenvalue weighted by atomic mass is 9.75. The molecule has 0 amide bonds. The number of hydrogen-bond acceptors (Lipinski definition) is 2. The summed E-state index contributed by atoms with van der Waals surface area (Å²) in [5.74, 6) is 0.277. The second-order valence-electron chi connectivity index (χ2n) is 6.12. The van der Waals surface area contributed by atoms with Crippen LogP contribution in [-0.2, 0) is 6.18 Å². The number of hydrogen-bond donors (Lipinski definition) is 1. The molecule has 0 bridgehead atoms. The maximum Gasteiger partial charge on any atom is 0.416 e. The molecule has 0 spiro atoms. The Hall–Kier alpha value is -0.780. The number of alkyl halides is 3. The van der Waals surface area contributed by atoms with Gasteiger partial charge >= 0.3 is 6.18 Å². The molecule has 1 heterocycles. The molecule has 1 aromatic rings. The van der Waals surface area contributed by atoms with Gasteiger partial charge in [0.1, 0.15) is 0 Å². The number of rotatable bonds is 3. The van der Waals surface area contributed by atoms with E-state index in [4.69, 9.17) is 11.6 Å². The normalized spacial score (nSPS) is 22.4. The van der Waals surface area contributed by atoms with Crippen LogP contribution in [0.3, 0.4) is 0 Å². The lowest BCUT2D eigenvalue weighted by Gasteiger charge is -2.44. The van der Waals surface area contributed by atoms with Crippen LogP contribution in [0.5, 0.6) is 0 Å². The van der Waals surface area contributed by atoms with E-state index in [-0.39, 0.29) is 22.5 Å². The fourth-order valence-electron chi connectivity index (χ4n) is 3.52. The summed E-state index contributed by atoms with van der Waals surface area (Å²) < 4.78 is 40.4. The first kappa shape index (κ1) is 16.1. The Labute approximate surface area is 133 Å². The first-order valence-corrected chi connectivity index (χ1v) is 8.16. The van der Waals surface area contributed by atoms with Crippen LogP contribution < -0.4 is 5.32 Å². The van der Waals surface area contributed by atoms with Crippen molar-refractivity contribution in [3.05, 3.63) is 34.3 Å². The van der Waals surface area contributed by atoms with E-state index >= 15 is 0 Å². The Morgan fingerprint density at radius 1 is 1.18 bits per heavy atom. The summed E-state index contributed by atoms with van der Waals surface area (Å²) in [6, 6.07) is 3.92. The van der Waals surface area contributed by atoms with Crippen molar-refractivity contribution >= 4 is 11.6 Å². The second-order valence-corrected chi connectivity index (χ2v) is 6.53. The van der Waals surface area contributed by atoms with E-state index in [1.807, 2.05) is 0 Å². The largest absolute Gasteiger partial charge is 0.416 e. The van der Waals surface area contributed by atoms with Crippen molar-refractivity contribution < 1.29 is 13.2 Å². The minimum absolute atomic E-state index is 0.221. The van der Waals surface area contributed by atoms with Crippen molar-refractivity contribution in [3.63, 3.8) is 0 Å². The zero-order valence-electron chi connectivity index (χ0n) is 12.3. The first-order chi connectivity index (χ1) is 10.5. The molecule has 1 aliphatic carbocycles. The standard InChI is InChI=1S/C16H20ClF3N2/c17-13-6-2-5-12(16(18,19)20)14(13)15(11-3-1-4-11)22-9-7-21-8-10-22/h2,5-6,11,15,21H,1,3-4,7-10H2/t15-/m0/s1. The van der Waals surface area contributed by atoms with Crippen molar-refractivity contribution in [2.45, 2.75) is 31.5 Å². The van der Waals surface area contributed by atoms with Crippen molar-refractivity contribution in [1.29, 1.82) is 0 Å². The number of nitrogens with one attached hydrogen (secondary N) is 1. The third kappa shape index (κ3) is 3.12. The summed E-state index contributed by atoms with van der Waals surface area (Å²) in [7, 11) is 0. The Morgan fingerprint density at radius 3 is 2.41 bits per heavy atom. The number of piperazine rings is 1. The highest BCUT2D eigenvalue weighted by Gasteiger charge is 2.41. The van der Waals surface area contributed by atoms with Crippen LogP contribution in [-0.4, -0.2) is 31.1 Å². The molecular formula is C16H20ClF3N2.